The SMILES string of the molecule is O=C(O)c1cc(NC(=O)C2CCCN2)ccc1F. The van der Waals surface area contributed by atoms with Crippen molar-refractivity contribution in [3.63, 3.8) is 0 Å². The van der Waals surface area contributed by atoms with Gasteiger partial charge in [0.2, 0.25) is 5.91 Å². The number of carboxylic acid groups (broad SMARTS) is 1. The lowest BCUT2D eigenvalue weighted by molar-refractivity contribution is -0.117. The maximum absolute atomic E-state index is 13.2. The highest BCUT2D eigenvalue weighted by Gasteiger charge is 2.22. The Labute approximate surface area is 103 Å². The second-order valence-corrected chi connectivity index (χ2v) is 4.14. The summed E-state index contributed by atoms with van der Waals surface area (Å²) < 4.78 is 13.2. The standard InChI is InChI=1S/C12H13FN2O3/c13-9-4-3-7(6-8(9)12(17)18)15-11(16)10-2-1-5-14-10/h3-4,6,10,14H,1-2,5H2,(H,15,16)(H,17,18). The summed E-state index contributed by atoms with van der Waals surface area (Å²) in [5, 5.41) is 14.4. The van der Waals surface area contributed by atoms with Crippen molar-refractivity contribution in [2.45, 2.75) is 18.9 Å². The van der Waals surface area contributed by atoms with E-state index in [0.29, 0.717) is 0 Å². The van der Waals surface area contributed by atoms with Crippen molar-refractivity contribution in [2.75, 3.05) is 11.9 Å². The Morgan fingerprint density at radius 3 is 2.83 bits per heavy atom. The fourth-order valence-electron chi connectivity index (χ4n) is 1.90. The van der Waals surface area contributed by atoms with E-state index < -0.39 is 17.3 Å². The van der Waals surface area contributed by atoms with Gasteiger partial charge in [-0.15, -0.1) is 0 Å². The zero-order chi connectivity index (χ0) is 13.1. The Balaban J connectivity index is 2.11. The lowest BCUT2D eigenvalue weighted by atomic mass is 10.1. The molecule has 1 fully saturated rings. The first-order chi connectivity index (χ1) is 8.58. The number of aromatic carboxylic acids is 1. The zero-order valence-electron chi connectivity index (χ0n) is 9.57. The molecule has 1 atom stereocenters. The highest BCUT2D eigenvalue weighted by atomic mass is 19.1. The van der Waals surface area contributed by atoms with Crippen LogP contribution in [0.1, 0.15) is 23.2 Å². The number of carbonyl (C=O) groups excluding carboxylic acids is 1. The van der Waals surface area contributed by atoms with Gasteiger partial charge in [-0.25, -0.2) is 9.18 Å². The predicted octanol–water partition coefficient (Wildman–Crippen LogP) is 1.21. The number of benzene rings is 1. The van der Waals surface area contributed by atoms with Gasteiger partial charge in [-0.2, -0.15) is 0 Å². The van der Waals surface area contributed by atoms with Gasteiger partial charge in [-0.05, 0) is 37.6 Å². The average Bonchev–Trinajstić information content (AvgIpc) is 2.85. The Morgan fingerprint density at radius 2 is 2.22 bits per heavy atom. The molecule has 0 spiro atoms. The van der Waals surface area contributed by atoms with Gasteiger partial charge in [-0.3, -0.25) is 4.79 Å². The quantitative estimate of drug-likeness (QED) is 0.755. The molecule has 1 heterocycles. The second-order valence-electron chi connectivity index (χ2n) is 4.14. The molecule has 1 aliphatic rings. The molecule has 0 radical (unpaired) electrons. The summed E-state index contributed by atoms with van der Waals surface area (Å²) >= 11 is 0. The van der Waals surface area contributed by atoms with Gasteiger partial charge in [0.1, 0.15) is 5.82 Å². The molecular formula is C12H13FN2O3. The van der Waals surface area contributed by atoms with Crippen LogP contribution in [-0.2, 0) is 4.79 Å². The second kappa shape index (κ2) is 5.14. The predicted molar refractivity (Wildman–Crippen MR) is 63.0 cm³/mol. The fourth-order valence-corrected chi connectivity index (χ4v) is 1.90. The molecule has 0 saturated carbocycles. The average molecular weight is 252 g/mol. The van der Waals surface area contributed by atoms with Gasteiger partial charge < -0.3 is 15.7 Å². The minimum absolute atomic E-state index is 0.226. The van der Waals surface area contributed by atoms with Gasteiger partial charge >= 0.3 is 5.97 Å². The van der Waals surface area contributed by atoms with Crippen molar-refractivity contribution in [3.05, 3.63) is 29.6 Å². The van der Waals surface area contributed by atoms with E-state index in [-0.39, 0.29) is 17.6 Å². The van der Waals surface area contributed by atoms with Crippen molar-refractivity contribution in [1.29, 1.82) is 0 Å². The molecule has 2 rings (SSSR count). The molecule has 18 heavy (non-hydrogen) atoms. The first-order valence-corrected chi connectivity index (χ1v) is 5.65. The number of carboxylic acids is 1. The lowest BCUT2D eigenvalue weighted by Gasteiger charge is -2.11. The van der Waals surface area contributed by atoms with Crippen LogP contribution in [0, 0.1) is 5.82 Å². The monoisotopic (exact) mass is 252 g/mol. The van der Waals surface area contributed by atoms with Crippen LogP contribution in [0.3, 0.4) is 0 Å². The van der Waals surface area contributed by atoms with E-state index in [2.05, 4.69) is 10.6 Å². The number of halogens is 1. The van der Waals surface area contributed by atoms with E-state index in [9.17, 15) is 14.0 Å². The molecule has 1 aromatic rings. The van der Waals surface area contributed by atoms with Crippen molar-refractivity contribution < 1.29 is 19.1 Å². The summed E-state index contributed by atoms with van der Waals surface area (Å²) in [7, 11) is 0. The zero-order valence-corrected chi connectivity index (χ0v) is 9.57. The third kappa shape index (κ3) is 2.65. The van der Waals surface area contributed by atoms with Crippen LogP contribution in [-0.4, -0.2) is 29.6 Å². The summed E-state index contributed by atoms with van der Waals surface area (Å²) in [5.74, 6) is -2.41. The molecule has 0 aliphatic carbocycles. The minimum Gasteiger partial charge on any atom is -0.478 e. The molecule has 0 bridgehead atoms. The van der Waals surface area contributed by atoms with Crippen LogP contribution < -0.4 is 10.6 Å². The third-order valence-corrected chi connectivity index (χ3v) is 2.84. The molecule has 1 unspecified atom stereocenters. The molecule has 1 saturated heterocycles. The number of rotatable bonds is 3. The highest BCUT2D eigenvalue weighted by Crippen LogP contribution is 2.16. The Kier molecular flexibility index (Phi) is 3.57. The van der Waals surface area contributed by atoms with Crippen molar-refractivity contribution in [2.24, 2.45) is 0 Å². The van der Waals surface area contributed by atoms with Crippen LogP contribution in [0.2, 0.25) is 0 Å². The van der Waals surface area contributed by atoms with E-state index in [0.717, 1.165) is 31.5 Å². The summed E-state index contributed by atoms with van der Waals surface area (Å²) in [5.41, 5.74) is -0.167. The Morgan fingerprint density at radius 1 is 1.44 bits per heavy atom. The molecule has 96 valence electrons. The van der Waals surface area contributed by atoms with Gasteiger partial charge in [0.05, 0.1) is 11.6 Å². The molecule has 0 aromatic heterocycles. The van der Waals surface area contributed by atoms with Crippen LogP contribution in [0.15, 0.2) is 18.2 Å². The number of nitrogens with one attached hydrogen (secondary N) is 2. The van der Waals surface area contributed by atoms with E-state index >= 15 is 0 Å². The van der Waals surface area contributed by atoms with E-state index in [1.807, 2.05) is 0 Å². The smallest absolute Gasteiger partial charge is 0.338 e. The van der Waals surface area contributed by atoms with E-state index in [1.54, 1.807) is 0 Å². The number of amides is 1. The number of hydrogen-bond donors (Lipinski definition) is 3. The molecule has 6 heteroatoms. The normalized spacial score (nSPS) is 18.6. The first-order valence-electron chi connectivity index (χ1n) is 5.65. The number of carbonyl (C=O) groups is 2. The van der Waals surface area contributed by atoms with Crippen LogP contribution in [0.25, 0.3) is 0 Å². The highest BCUT2D eigenvalue weighted by molar-refractivity contribution is 5.96. The van der Waals surface area contributed by atoms with Crippen molar-refractivity contribution >= 4 is 17.6 Å². The maximum Gasteiger partial charge on any atom is 0.338 e. The first kappa shape index (κ1) is 12.5. The number of hydrogen-bond acceptors (Lipinski definition) is 3. The van der Waals surface area contributed by atoms with Gasteiger partial charge in [0.25, 0.3) is 0 Å². The lowest BCUT2D eigenvalue weighted by Crippen LogP contribution is -2.35. The molecule has 1 aromatic carbocycles. The molecule has 1 aliphatic heterocycles. The topological polar surface area (TPSA) is 78.4 Å². The maximum atomic E-state index is 13.2. The van der Waals surface area contributed by atoms with E-state index in [1.165, 1.54) is 6.07 Å². The van der Waals surface area contributed by atoms with Gasteiger partial charge in [-0.1, -0.05) is 0 Å². The Bertz CT molecular complexity index is 484. The third-order valence-electron chi connectivity index (χ3n) is 2.84. The molecule has 1 amide bonds. The van der Waals surface area contributed by atoms with Gasteiger partial charge in [0.15, 0.2) is 0 Å². The van der Waals surface area contributed by atoms with Crippen LogP contribution in [0.5, 0.6) is 0 Å². The minimum atomic E-state index is -1.36. The van der Waals surface area contributed by atoms with Gasteiger partial charge in [0, 0.05) is 5.69 Å². The molecular weight excluding hydrogens is 239 g/mol. The summed E-state index contributed by atoms with van der Waals surface area (Å²) in [6.45, 7) is 0.794. The largest absolute Gasteiger partial charge is 0.478 e. The molecule has 3 N–H and O–H groups in total. The van der Waals surface area contributed by atoms with E-state index in [4.69, 9.17) is 5.11 Å². The van der Waals surface area contributed by atoms with Crippen LogP contribution >= 0.6 is 0 Å². The summed E-state index contributed by atoms with van der Waals surface area (Å²) in [6.07, 6.45) is 1.68. The van der Waals surface area contributed by atoms with Crippen LogP contribution in [0.4, 0.5) is 10.1 Å². The number of anilines is 1. The van der Waals surface area contributed by atoms with Crippen molar-refractivity contribution in [1.82, 2.24) is 5.32 Å². The summed E-state index contributed by atoms with van der Waals surface area (Å²) in [4.78, 5) is 22.5. The Hall–Kier alpha value is -1.95. The fraction of sp³-hybridized carbons (Fsp3) is 0.333. The summed E-state index contributed by atoms with van der Waals surface area (Å²) in [6, 6.07) is 3.23. The van der Waals surface area contributed by atoms with Crippen molar-refractivity contribution in [3.8, 4) is 0 Å². The molecule has 5 nitrogen and oxygen atoms in total.